The van der Waals surface area contributed by atoms with Gasteiger partial charge in [0.05, 0.1) is 29.7 Å². The zero-order chi connectivity index (χ0) is 35.5. The molecule has 2 aromatic rings. The van der Waals surface area contributed by atoms with Gasteiger partial charge in [0.1, 0.15) is 6.10 Å². The number of imidazole rings is 1. The molecule has 264 valence electrons. The van der Waals surface area contributed by atoms with Gasteiger partial charge < -0.3 is 30.0 Å². The van der Waals surface area contributed by atoms with Crippen LogP contribution in [0.1, 0.15) is 68.5 Å². The van der Waals surface area contributed by atoms with Crippen molar-refractivity contribution in [1.82, 2.24) is 19.5 Å². The van der Waals surface area contributed by atoms with E-state index in [1.165, 1.54) is 10.9 Å². The average Bonchev–Trinajstić information content (AvgIpc) is 3.47. The van der Waals surface area contributed by atoms with E-state index < -0.39 is 86.8 Å². The summed E-state index contributed by atoms with van der Waals surface area (Å²) in [6.07, 6.45) is -3.27. The van der Waals surface area contributed by atoms with E-state index >= 15 is 4.39 Å². The first kappa shape index (κ1) is 38.0. The van der Waals surface area contributed by atoms with Gasteiger partial charge in [-0.2, -0.15) is 9.97 Å². The van der Waals surface area contributed by atoms with Crippen LogP contribution in [0.5, 0.6) is 0 Å². The molecule has 0 unspecified atom stereocenters. The molecule has 2 aromatic heterocycles. The quantitative estimate of drug-likeness (QED) is 0.132. The Morgan fingerprint density at radius 2 is 1.62 bits per heavy atom. The van der Waals surface area contributed by atoms with Crippen molar-refractivity contribution in [3.05, 3.63) is 6.33 Å². The van der Waals surface area contributed by atoms with Gasteiger partial charge in [0.15, 0.2) is 35.0 Å². The van der Waals surface area contributed by atoms with E-state index in [1.807, 2.05) is 0 Å². The number of phosphoric ester groups is 1. The monoisotopic (exact) mass is 690 g/mol. The highest BCUT2D eigenvalue weighted by molar-refractivity contribution is 7.48. The Kier molecular flexibility index (Phi) is 11.6. The Morgan fingerprint density at radius 1 is 1.06 bits per heavy atom. The average molecular weight is 691 g/mol. The number of alkyl halides is 1. The fourth-order valence-electron chi connectivity index (χ4n) is 4.07. The van der Waals surface area contributed by atoms with Crippen LogP contribution in [0, 0.1) is 16.7 Å². The number of hydrogen-bond acceptors (Lipinski definition) is 16. The van der Waals surface area contributed by atoms with Crippen LogP contribution in [-0.4, -0.2) is 82.5 Å². The molecule has 1 saturated heterocycles. The number of rotatable bonds is 13. The second kappa shape index (κ2) is 14.4. The Balaban J connectivity index is 1.91. The number of nitrogens with one attached hydrogen (secondary N) is 1. The second-order valence-electron chi connectivity index (χ2n) is 13.3. The van der Waals surface area contributed by atoms with E-state index in [-0.39, 0.29) is 22.9 Å². The lowest BCUT2D eigenvalue weighted by atomic mass is 9.98. The van der Waals surface area contributed by atoms with Gasteiger partial charge in [-0.3, -0.25) is 23.5 Å². The topological polar surface area (TPSA) is 215 Å². The molecule has 47 heavy (non-hydrogen) atoms. The lowest BCUT2D eigenvalue weighted by Crippen LogP contribution is -2.44. The number of phosphoric acid groups is 1. The maximum atomic E-state index is 16.8. The van der Waals surface area contributed by atoms with E-state index in [1.54, 1.807) is 62.4 Å². The van der Waals surface area contributed by atoms with Gasteiger partial charge in [-0.05, 0) is 48.5 Å². The molecule has 0 spiro atoms. The van der Waals surface area contributed by atoms with Crippen molar-refractivity contribution in [3.8, 4) is 0 Å². The minimum atomic E-state index is -4.71. The van der Waals surface area contributed by atoms with Gasteiger partial charge in [-0.15, -0.1) is 0 Å². The van der Waals surface area contributed by atoms with Crippen molar-refractivity contribution in [2.24, 2.45) is 16.7 Å². The van der Waals surface area contributed by atoms with Gasteiger partial charge in [0, 0.05) is 7.05 Å². The summed E-state index contributed by atoms with van der Waals surface area (Å²) in [6, 6.07) is 0. The van der Waals surface area contributed by atoms with Crippen LogP contribution < -0.4 is 11.1 Å². The molecule has 3 rings (SSSR count). The van der Waals surface area contributed by atoms with Gasteiger partial charge in [0.25, 0.3) is 0 Å². The SMILES string of the molecule is CNc1nc(N)nc2c1ncn2[C@@H]1O[C@H](COP(=O)(OCOC(=O)C(C)(C)C)OCOC(=O)C(C)(C)C)[C@@H](OC(=O)C(C)C)[C@@]1(C)F. The summed E-state index contributed by atoms with van der Waals surface area (Å²) in [5.41, 5.74) is 1.97. The minimum absolute atomic E-state index is 0.116. The maximum Gasteiger partial charge on any atom is 0.480 e. The smallest absolute Gasteiger partial charge is 0.456 e. The lowest BCUT2D eigenvalue weighted by Gasteiger charge is -2.28. The Morgan fingerprint density at radius 3 is 2.11 bits per heavy atom. The van der Waals surface area contributed by atoms with E-state index in [4.69, 9.17) is 38.3 Å². The summed E-state index contributed by atoms with van der Waals surface area (Å²) in [5, 5.41) is 2.84. The van der Waals surface area contributed by atoms with E-state index in [0.29, 0.717) is 0 Å². The van der Waals surface area contributed by atoms with Crippen LogP contribution in [0.2, 0.25) is 0 Å². The summed E-state index contributed by atoms with van der Waals surface area (Å²) in [6.45, 7) is 11.4. The number of nitrogens with zero attached hydrogens (tertiary/aromatic N) is 4. The molecule has 1 fully saturated rings. The summed E-state index contributed by atoms with van der Waals surface area (Å²) in [5.74, 6) is -2.60. The lowest BCUT2D eigenvalue weighted by molar-refractivity contribution is -0.164. The molecule has 3 heterocycles. The predicted molar refractivity (Wildman–Crippen MR) is 164 cm³/mol. The fraction of sp³-hybridized carbons (Fsp3) is 0.714. The number of fused-ring (bicyclic) bond motifs is 1. The number of halogens is 1. The number of ether oxygens (including phenoxy) is 4. The van der Waals surface area contributed by atoms with E-state index in [9.17, 15) is 18.9 Å². The zero-order valence-corrected chi connectivity index (χ0v) is 29.1. The highest BCUT2D eigenvalue weighted by Gasteiger charge is 2.59. The highest BCUT2D eigenvalue weighted by atomic mass is 31.2. The largest absolute Gasteiger partial charge is 0.480 e. The van der Waals surface area contributed by atoms with Crippen LogP contribution >= 0.6 is 7.82 Å². The first-order valence-corrected chi connectivity index (χ1v) is 16.2. The number of carbonyl (C=O) groups excluding carboxylic acids is 3. The normalized spacial score (nSPS) is 22.0. The van der Waals surface area contributed by atoms with Gasteiger partial charge in [0.2, 0.25) is 19.5 Å². The maximum absolute atomic E-state index is 16.8. The van der Waals surface area contributed by atoms with Crippen molar-refractivity contribution in [2.75, 3.05) is 38.3 Å². The van der Waals surface area contributed by atoms with Crippen LogP contribution in [0.4, 0.5) is 16.2 Å². The number of nitrogen functional groups attached to an aromatic ring is 1. The Labute approximate surface area is 271 Å². The number of aromatic nitrogens is 4. The van der Waals surface area contributed by atoms with Crippen LogP contribution in [-0.2, 0) is 51.5 Å². The molecule has 3 N–H and O–H groups in total. The molecular weight excluding hydrogens is 646 g/mol. The Hall–Kier alpha value is -3.44. The van der Waals surface area contributed by atoms with Crippen molar-refractivity contribution >= 4 is 48.7 Å². The number of anilines is 2. The molecule has 0 saturated carbocycles. The number of carbonyl (C=O) groups is 3. The molecular formula is C28H44FN6O11P. The fourth-order valence-corrected chi connectivity index (χ4v) is 4.98. The first-order chi connectivity index (χ1) is 21.6. The van der Waals surface area contributed by atoms with Crippen molar-refractivity contribution in [2.45, 2.75) is 86.4 Å². The van der Waals surface area contributed by atoms with Crippen LogP contribution in [0.3, 0.4) is 0 Å². The second-order valence-corrected chi connectivity index (χ2v) is 15.0. The highest BCUT2D eigenvalue weighted by Crippen LogP contribution is 2.52. The third kappa shape index (κ3) is 9.13. The molecule has 0 radical (unpaired) electrons. The van der Waals surface area contributed by atoms with E-state index in [2.05, 4.69) is 20.3 Å². The predicted octanol–water partition coefficient (Wildman–Crippen LogP) is 3.90. The molecule has 1 aliphatic rings. The van der Waals surface area contributed by atoms with Crippen molar-refractivity contribution in [1.29, 1.82) is 0 Å². The van der Waals surface area contributed by atoms with Crippen molar-refractivity contribution < 1.29 is 55.9 Å². The summed E-state index contributed by atoms with van der Waals surface area (Å²) in [7, 11) is -3.11. The minimum Gasteiger partial charge on any atom is -0.456 e. The molecule has 1 aliphatic heterocycles. The molecule has 0 aliphatic carbocycles. The third-order valence-corrected chi connectivity index (χ3v) is 8.06. The molecule has 0 bridgehead atoms. The summed E-state index contributed by atoms with van der Waals surface area (Å²) >= 11 is 0. The molecule has 17 nitrogen and oxygen atoms in total. The first-order valence-electron chi connectivity index (χ1n) is 14.7. The third-order valence-electron chi connectivity index (χ3n) is 6.75. The zero-order valence-electron chi connectivity index (χ0n) is 28.2. The molecule has 0 aromatic carbocycles. The summed E-state index contributed by atoms with van der Waals surface area (Å²) in [4.78, 5) is 49.7. The standard InChI is InChI=1S/C28H44FN6O11P/c1-15(2)21(36)46-18-16(45-22(28(18,9)29)35-12-32-17-19(31-10)33-25(30)34-20(17)35)11-42-47(39,43-13-40-23(37)26(3,4)5)44-14-41-24(38)27(6,7)8/h12,15-16,18,22H,11,13-14H2,1-10H3,(H3,30,31,33,34)/t16-,18-,22-,28-/m1/s1. The van der Waals surface area contributed by atoms with Crippen LogP contribution in [0.15, 0.2) is 6.33 Å². The van der Waals surface area contributed by atoms with Gasteiger partial charge >= 0.3 is 25.7 Å². The number of hydrogen-bond donors (Lipinski definition) is 2. The van der Waals surface area contributed by atoms with Crippen molar-refractivity contribution in [3.63, 3.8) is 0 Å². The van der Waals surface area contributed by atoms with Gasteiger partial charge in [-0.1, -0.05) is 13.8 Å². The summed E-state index contributed by atoms with van der Waals surface area (Å²) < 4.78 is 69.2. The Bertz CT molecular complexity index is 1470. The number of nitrogens with two attached hydrogens (primary N) is 1. The van der Waals surface area contributed by atoms with Gasteiger partial charge in [-0.25, -0.2) is 23.0 Å². The molecule has 0 amide bonds. The molecule has 19 heteroatoms. The molecule has 4 atom stereocenters. The van der Waals surface area contributed by atoms with Crippen LogP contribution in [0.25, 0.3) is 11.2 Å². The number of esters is 3. The van der Waals surface area contributed by atoms with E-state index in [0.717, 1.165) is 6.92 Å².